The predicted molar refractivity (Wildman–Crippen MR) is 49.2 cm³/mol. The van der Waals surface area contributed by atoms with Crippen molar-refractivity contribution in [2.24, 2.45) is 0 Å². The van der Waals surface area contributed by atoms with Gasteiger partial charge in [0.1, 0.15) is 0 Å². The van der Waals surface area contributed by atoms with Crippen LogP contribution in [-0.4, -0.2) is 32.5 Å². The van der Waals surface area contributed by atoms with Crippen molar-refractivity contribution in [3.05, 3.63) is 17.9 Å². The lowest BCUT2D eigenvalue weighted by atomic mass is 10.4. The van der Waals surface area contributed by atoms with E-state index in [4.69, 9.17) is 4.42 Å². The lowest BCUT2D eigenvalue weighted by Gasteiger charge is -2.26. The summed E-state index contributed by atoms with van der Waals surface area (Å²) in [5.41, 5.74) is 0. The summed E-state index contributed by atoms with van der Waals surface area (Å²) in [6.45, 7) is 3.81. The molecule has 0 unspecified atom stereocenters. The molecule has 0 saturated carbocycles. The molecule has 0 aromatic carbocycles. The summed E-state index contributed by atoms with van der Waals surface area (Å²) in [4.78, 5) is 12.5. The van der Waals surface area contributed by atoms with Crippen LogP contribution in [0.1, 0.15) is 10.6 Å². The number of anilines is 1. The highest BCUT2D eigenvalue weighted by atomic mass is 16.4. The van der Waals surface area contributed by atoms with Crippen molar-refractivity contribution in [3.63, 3.8) is 0 Å². The maximum Gasteiger partial charge on any atom is 0.196 e. The van der Waals surface area contributed by atoms with Crippen LogP contribution in [0.5, 0.6) is 0 Å². The van der Waals surface area contributed by atoms with Crippen molar-refractivity contribution in [2.45, 2.75) is 0 Å². The number of carbonyl (C=O) groups excluding carboxylic acids is 1. The maximum absolute atomic E-state index is 10.4. The molecule has 70 valence electrons. The minimum Gasteiger partial charge on any atom is -0.438 e. The molecule has 0 aliphatic carbocycles. The molecular formula is C9H12N2O2. The lowest BCUT2D eigenvalue weighted by molar-refractivity contribution is 0.110. The first-order valence-electron chi connectivity index (χ1n) is 4.41. The van der Waals surface area contributed by atoms with Crippen molar-refractivity contribution in [2.75, 3.05) is 31.1 Å². The smallest absolute Gasteiger partial charge is 0.196 e. The number of piperazine rings is 1. The Balaban J connectivity index is 2.09. The van der Waals surface area contributed by atoms with E-state index in [1.807, 2.05) is 6.07 Å². The molecule has 0 spiro atoms. The highest BCUT2D eigenvalue weighted by Crippen LogP contribution is 2.17. The molecule has 1 aromatic heterocycles. The summed E-state index contributed by atoms with van der Waals surface area (Å²) >= 11 is 0. The van der Waals surface area contributed by atoms with Gasteiger partial charge in [-0.2, -0.15) is 0 Å². The van der Waals surface area contributed by atoms with Crippen LogP contribution in [0.4, 0.5) is 5.88 Å². The average Bonchev–Trinajstić information content (AvgIpc) is 2.67. The highest BCUT2D eigenvalue weighted by Gasteiger charge is 2.13. The molecule has 1 aromatic rings. The van der Waals surface area contributed by atoms with Gasteiger partial charge in [-0.15, -0.1) is 0 Å². The Morgan fingerprint density at radius 2 is 2.15 bits per heavy atom. The Kier molecular flexibility index (Phi) is 2.31. The summed E-state index contributed by atoms with van der Waals surface area (Å²) in [5, 5.41) is 3.25. The van der Waals surface area contributed by atoms with Crippen molar-refractivity contribution >= 4 is 12.2 Å². The van der Waals surface area contributed by atoms with Crippen LogP contribution in [0.15, 0.2) is 16.5 Å². The van der Waals surface area contributed by atoms with E-state index in [0.717, 1.165) is 38.3 Å². The first-order chi connectivity index (χ1) is 6.40. The first kappa shape index (κ1) is 8.31. The third-order valence-electron chi connectivity index (χ3n) is 2.16. The predicted octanol–water partition coefficient (Wildman–Crippen LogP) is 0.502. The Morgan fingerprint density at radius 3 is 2.77 bits per heavy atom. The van der Waals surface area contributed by atoms with Crippen molar-refractivity contribution < 1.29 is 9.21 Å². The number of nitrogens with one attached hydrogen (secondary N) is 1. The Labute approximate surface area is 76.5 Å². The molecule has 13 heavy (non-hydrogen) atoms. The van der Waals surface area contributed by atoms with Crippen LogP contribution >= 0.6 is 0 Å². The summed E-state index contributed by atoms with van der Waals surface area (Å²) < 4.78 is 5.30. The summed E-state index contributed by atoms with van der Waals surface area (Å²) in [7, 11) is 0. The quantitative estimate of drug-likeness (QED) is 0.673. The minimum absolute atomic E-state index is 0.397. The Bertz CT molecular complexity index is 290. The van der Waals surface area contributed by atoms with Gasteiger partial charge in [0.05, 0.1) is 0 Å². The number of hydrogen-bond acceptors (Lipinski definition) is 4. The zero-order valence-electron chi connectivity index (χ0n) is 7.32. The molecule has 0 atom stereocenters. The molecule has 1 saturated heterocycles. The molecule has 0 bridgehead atoms. The monoisotopic (exact) mass is 180 g/mol. The van der Waals surface area contributed by atoms with Gasteiger partial charge in [-0.1, -0.05) is 0 Å². The molecule has 1 aliphatic rings. The Hall–Kier alpha value is -1.29. The van der Waals surface area contributed by atoms with Crippen LogP contribution in [0.2, 0.25) is 0 Å². The van der Waals surface area contributed by atoms with Crippen molar-refractivity contribution in [1.29, 1.82) is 0 Å². The van der Waals surface area contributed by atoms with E-state index in [9.17, 15) is 4.79 Å². The number of furan rings is 1. The van der Waals surface area contributed by atoms with Crippen LogP contribution in [0, 0.1) is 0 Å². The van der Waals surface area contributed by atoms with Crippen molar-refractivity contribution in [1.82, 2.24) is 5.32 Å². The van der Waals surface area contributed by atoms with E-state index in [1.165, 1.54) is 0 Å². The molecular weight excluding hydrogens is 168 g/mol. The van der Waals surface area contributed by atoms with Crippen LogP contribution in [0.3, 0.4) is 0 Å². The summed E-state index contributed by atoms with van der Waals surface area (Å²) in [6, 6.07) is 3.54. The van der Waals surface area contributed by atoms with Crippen LogP contribution in [-0.2, 0) is 0 Å². The SMILES string of the molecule is O=Cc1ccc(N2CCNCC2)o1. The van der Waals surface area contributed by atoms with E-state index in [0.29, 0.717) is 5.76 Å². The van der Waals surface area contributed by atoms with Gasteiger partial charge < -0.3 is 14.6 Å². The van der Waals surface area contributed by atoms with E-state index in [-0.39, 0.29) is 0 Å². The zero-order chi connectivity index (χ0) is 9.10. The molecule has 0 radical (unpaired) electrons. The van der Waals surface area contributed by atoms with Gasteiger partial charge in [0.15, 0.2) is 17.9 Å². The van der Waals surface area contributed by atoms with Gasteiger partial charge in [0, 0.05) is 32.2 Å². The first-order valence-corrected chi connectivity index (χ1v) is 4.41. The maximum atomic E-state index is 10.4. The molecule has 1 fully saturated rings. The molecule has 1 aliphatic heterocycles. The van der Waals surface area contributed by atoms with Gasteiger partial charge in [-0.25, -0.2) is 0 Å². The second-order valence-electron chi connectivity index (χ2n) is 3.03. The molecule has 2 heterocycles. The zero-order valence-corrected chi connectivity index (χ0v) is 7.32. The molecule has 0 amide bonds. The molecule has 2 rings (SSSR count). The fourth-order valence-corrected chi connectivity index (χ4v) is 1.46. The number of carbonyl (C=O) groups is 1. The fraction of sp³-hybridized carbons (Fsp3) is 0.444. The van der Waals surface area contributed by atoms with Crippen LogP contribution in [0.25, 0.3) is 0 Å². The molecule has 4 nitrogen and oxygen atoms in total. The largest absolute Gasteiger partial charge is 0.438 e. The fourth-order valence-electron chi connectivity index (χ4n) is 1.46. The average molecular weight is 180 g/mol. The third kappa shape index (κ3) is 1.72. The number of rotatable bonds is 2. The second kappa shape index (κ2) is 3.62. The standard InChI is InChI=1S/C9H12N2O2/c12-7-8-1-2-9(13-8)11-5-3-10-4-6-11/h1-2,7,10H,3-6H2. The van der Waals surface area contributed by atoms with Crippen molar-refractivity contribution in [3.8, 4) is 0 Å². The van der Waals surface area contributed by atoms with E-state index < -0.39 is 0 Å². The van der Waals surface area contributed by atoms with E-state index in [2.05, 4.69) is 10.2 Å². The second-order valence-corrected chi connectivity index (χ2v) is 3.03. The number of hydrogen-bond donors (Lipinski definition) is 1. The number of nitrogens with zero attached hydrogens (tertiary/aromatic N) is 1. The van der Waals surface area contributed by atoms with E-state index >= 15 is 0 Å². The Morgan fingerprint density at radius 1 is 1.38 bits per heavy atom. The normalized spacial score (nSPS) is 17.4. The highest BCUT2D eigenvalue weighted by molar-refractivity contribution is 5.71. The van der Waals surface area contributed by atoms with Gasteiger partial charge >= 0.3 is 0 Å². The van der Waals surface area contributed by atoms with Gasteiger partial charge in [-0.3, -0.25) is 4.79 Å². The lowest BCUT2D eigenvalue weighted by Crippen LogP contribution is -2.43. The minimum atomic E-state index is 0.397. The molecule has 1 N–H and O–H groups in total. The van der Waals surface area contributed by atoms with E-state index in [1.54, 1.807) is 6.07 Å². The topological polar surface area (TPSA) is 45.5 Å². The summed E-state index contributed by atoms with van der Waals surface area (Å²) in [6.07, 6.45) is 0.728. The summed E-state index contributed by atoms with van der Waals surface area (Å²) in [5.74, 6) is 1.19. The number of aldehydes is 1. The molecule has 4 heteroatoms. The van der Waals surface area contributed by atoms with Crippen LogP contribution < -0.4 is 10.2 Å². The van der Waals surface area contributed by atoms with Gasteiger partial charge in [0.25, 0.3) is 0 Å². The van der Waals surface area contributed by atoms with Gasteiger partial charge in [0.2, 0.25) is 0 Å². The van der Waals surface area contributed by atoms with Gasteiger partial charge in [-0.05, 0) is 6.07 Å². The third-order valence-corrected chi connectivity index (χ3v) is 2.16.